The zero-order valence-electron chi connectivity index (χ0n) is 17.7. The van der Waals surface area contributed by atoms with Gasteiger partial charge in [-0.3, -0.25) is 9.59 Å². The van der Waals surface area contributed by atoms with E-state index in [1.54, 1.807) is 12.0 Å². The molecule has 1 atom stereocenters. The van der Waals surface area contributed by atoms with E-state index < -0.39 is 5.54 Å². The lowest BCUT2D eigenvalue weighted by Crippen LogP contribution is -2.65. The van der Waals surface area contributed by atoms with E-state index in [-0.39, 0.29) is 17.9 Å². The highest BCUT2D eigenvalue weighted by Gasteiger charge is 2.47. The van der Waals surface area contributed by atoms with Gasteiger partial charge in [-0.15, -0.1) is 0 Å². The van der Waals surface area contributed by atoms with E-state index in [4.69, 9.17) is 4.74 Å². The molecule has 0 saturated heterocycles. The molecule has 6 nitrogen and oxygen atoms in total. The maximum Gasteiger partial charge on any atom is 0.271 e. The predicted molar refractivity (Wildman–Crippen MR) is 113 cm³/mol. The topological polar surface area (TPSA) is 63.6 Å². The molecule has 29 heavy (non-hydrogen) atoms. The van der Waals surface area contributed by atoms with E-state index in [1.807, 2.05) is 42.7 Å². The number of carbonyl (C=O) groups is 2. The van der Waals surface area contributed by atoms with Crippen molar-refractivity contribution in [1.82, 2.24) is 14.8 Å². The summed E-state index contributed by atoms with van der Waals surface area (Å²) in [7, 11) is 1.64. The molecule has 2 heterocycles. The number of nitrogens with zero attached hydrogens (tertiary/aromatic N) is 2. The van der Waals surface area contributed by atoms with Gasteiger partial charge in [-0.1, -0.05) is 26.2 Å². The molecule has 1 aliphatic carbocycles. The van der Waals surface area contributed by atoms with Gasteiger partial charge in [-0.25, -0.2) is 0 Å². The normalized spacial score (nSPS) is 22.6. The minimum absolute atomic E-state index is 0.0402. The number of nitrogens with one attached hydrogen (secondary N) is 1. The van der Waals surface area contributed by atoms with E-state index >= 15 is 0 Å². The van der Waals surface area contributed by atoms with E-state index in [2.05, 4.69) is 5.32 Å². The first-order valence-electron chi connectivity index (χ1n) is 10.8. The van der Waals surface area contributed by atoms with Crippen molar-refractivity contribution in [3.8, 4) is 5.75 Å². The van der Waals surface area contributed by atoms with Crippen LogP contribution in [0.15, 0.2) is 24.3 Å². The van der Waals surface area contributed by atoms with E-state index in [9.17, 15) is 9.59 Å². The molecule has 1 fully saturated rings. The van der Waals surface area contributed by atoms with Gasteiger partial charge < -0.3 is 19.5 Å². The summed E-state index contributed by atoms with van der Waals surface area (Å²) in [6.45, 7) is 4.97. The molecule has 156 valence electrons. The van der Waals surface area contributed by atoms with Crippen molar-refractivity contribution in [2.45, 2.75) is 70.5 Å². The zero-order chi connectivity index (χ0) is 20.6. The van der Waals surface area contributed by atoms with Crippen molar-refractivity contribution >= 4 is 22.7 Å². The number of aromatic nitrogens is 1. The molecule has 2 amide bonds. The Balaban J connectivity index is 1.73. The Bertz CT molecular complexity index is 929. The Morgan fingerprint density at radius 1 is 1.24 bits per heavy atom. The Morgan fingerprint density at radius 3 is 2.69 bits per heavy atom. The Labute approximate surface area is 172 Å². The monoisotopic (exact) mass is 397 g/mol. The fraction of sp³-hybridized carbons (Fsp3) is 0.565. The first kappa shape index (κ1) is 19.8. The van der Waals surface area contributed by atoms with Crippen molar-refractivity contribution < 1.29 is 14.3 Å². The van der Waals surface area contributed by atoms with Gasteiger partial charge in [0.15, 0.2) is 0 Å². The van der Waals surface area contributed by atoms with Gasteiger partial charge in [-0.2, -0.15) is 0 Å². The van der Waals surface area contributed by atoms with Gasteiger partial charge in [0.2, 0.25) is 5.91 Å². The number of benzene rings is 1. The maximum absolute atomic E-state index is 13.5. The molecule has 1 aromatic carbocycles. The molecule has 0 unspecified atom stereocenters. The van der Waals surface area contributed by atoms with Gasteiger partial charge >= 0.3 is 0 Å². The van der Waals surface area contributed by atoms with Crippen molar-refractivity contribution in [1.29, 1.82) is 0 Å². The number of fused-ring (bicyclic) bond motifs is 3. The van der Waals surface area contributed by atoms with Gasteiger partial charge in [0.25, 0.3) is 5.91 Å². The van der Waals surface area contributed by atoms with Crippen molar-refractivity contribution in [2.75, 3.05) is 13.7 Å². The van der Waals surface area contributed by atoms with Crippen LogP contribution < -0.4 is 10.1 Å². The number of amides is 2. The fourth-order valence-electron chi connectivity index (χ4n) is 4.82. The van der Waals surface area contributed by atoms with Gasteiger partial charge in [0, 0.05) is 24.0 Å². The number of hydrogen-bond acceptors (Lipinski definition) is 3. The van der Waals surface area contributed by atoms with Crippen LogP contribution in [-0.2, 0) is 11.3 Å². The number of carbonyl (C=O) groups excluding carboxylic acids is 2. The van der Waals surface area contributed by atoms with Crippen LogP contribution in [-0.4, -0.2) is 46.5 Å². The van der Waals surface area contributed by atoms with Crippen LogP contribution in [0.25, 0.3) is 10.9 Å². The predicted octanol–water partition coefficient (Wildman–Crippen LogP) is 3.72. The molecule has 2 aromatic rings. The molecule has 1 aromatic heterocycles. The highest BCUT2D eigenvalue weighted by molar-refractivity contribution is 6.03. The second-order valence-corrected chi connectivity index (χ2v) is 8.58. The highest BCUT2D eigenvalue weighted by atomic mass is 16.5. The van der Waals surface area contributed by atoms with E-state index in [0.717, 1.165) is 48.8 Å². The van der Waals surface area contributed by atoms with E-state index in [0.29, 0.717) is 18.8 Å². The van der Waals surface area contributed by atoms with Crippen LogP contribution in [0.5, 0.6) is 5.75 Å². The largest absolute Gasteiger partial charge is 0.497 e. The fourth-order valence-corrected chi connectivity index (χ4v) is 4.82. The second-order valence-electron chi connectivity index (χ2n) is 8.58. The molecule has 0 spiro atoms. The quantitative estimate of drug-likeness (QED) is 0.836. The minimum Gasteiger partial charge on any atom is -0.497 e. The summed E-state index contributed by atoms with van der Waals surface area (Å²) in [5.74, 6) is 0.631. The Kier molecular flexibility index (Phi) is 5.28. The molecule has 6 heteroatoms. The molecule has 1 aliphatic heterocycles. The van der Waals surface area contributed by atoms with Crippen LogP contribution >= 0.6 is 0 Å². The van der Waals surface area contributed by atoms with Crippen LogP contribution in [0.4, 0.5) is 0 Å². The Hall–Kier alpha value is -2.50. The summed E-state index contributed by atoms with van der Waals surface area (Å²) < 4.78 is 7.37. The summed E-state index contributed by atoms with van der Waals surface area (Å²) in [5, 5.41) is 4.25. The molecule has 2 aliphatic rings. The van der Waals surface area contributed by atoms with Crippen LogP contribution in [0.1, 0.15) is 62.9 Å². The lowest BCUT2D eigenvalue weighted by atomic mass is 9.91. The summed E-state index contributed by atoms with van der Waals surface area (Å²) in [4.78, 5) is 28.7. The van der Waals surface area contributed by atoms with Crippen molar-refractivity contribution in [2.24, 2.45) is 0 Å². The average Bonchev–Trinajstić information content (AvgIpc) is 3.09. The first-order valence-corrected chi connectivity index (χ1v) is 10.8. The van der Waals surface area contributed by atoms with Crippen molar-refractivity contribution in [3.63, 3.8) is 0 Å². The standard InChI is InChI=1S/C23H31N3O3/c1-4-12-26-21(27)20-13-16-10-11-18(29-3)14-19(16)25(20)15-23(26,2)22(28)24-17-8-6-5-7-9-17/h10-11,13-14,17H,4-9,12,15H2,1-3H3,(H,24,28)/t23-/m1/s1. The van der Waals surface area contributed by atoms with Crippen molar-refractivity contribution in [3.05, 3.63) is 30.0 Å². The lowest BCUT2D eigenvalue weighted by Gasteiger charge is -2.44. The third kappa shape index (κ3) is 3.38. The van der Waals surface area contributed by atoms with Gasteiger partial charge in [-0.05, 0) is 44.4 Å². The number of hydrogen-bond donors (Lipinski definition) is 1. The molecule has 4 rings (SSSR count). The number of rotatable bonds is 5. The zero-order valence-corrected chi connectivity index (χ0v) is 17.7. The summed E-state index contributed by atoms with van der Waals surface area (Å²) >= 11 is 0. The molecule has 1 N–H and O–H groups in total. The summed E-state index contributed by atoms with van der Waals surface area (Å²) in [5.41, 5.74) is 0.664. The lowest BCUT2D eigenvalue weighted by molar-refractivity contribution is -0.133. The van der Waals surface area contributed by atoms with E-state index in [1.165, 1.54) is 6.42 Å². The third-order valence-corrected chi connectivity index (χ3v) is 6.51. The molecular weight excluding hydrogens is 366 g/mol. The molecule has 0 radical (unpaired) electrons. The molecule has 0 bridgehead atoms. The maximum atomic E-state index is 13.5. The molecular formula is C23H31N3O3. The second kappa shape index (κ2) is 7.73. The number of ether oxygens (including phenoxy) is 1. The average molecular weight is 398 g/mol. The van der Waals surface area contributed by atoms with Crippen LogP contribution in [0.3, 0.4) is 0 Å². The number of methoxy groups -OCH3 is 1. The minimum atomic E-state index is -0.910. The summed E-state index contributed by atoms with van der Waals surface area (Å²) in [6.07, 6.45) is 6.42. The van der Waals surface area contributed by atoms with Crippen LogP contribution in [0, 0.1) is 0 Å². The third-order valence-electron chi connectivity index (χ3n) is 6.51. The first-order chi connectivity index (χ1) is 14.0. The summed E-state index contributed by atoms with van der Waals surface area (Å²) in [6, 6.07) is 7.96. The van der Waals surface area contributed by atoms with Crippen LogP contribution in [0.2, 0.25) is 0 Å². The smallest absolute Gasteiger partial charge is 0.271 e. The van der Waals surface area contributed by atoms with Gasteiger partial charge in [0.1, 0.15) is 17.0 Å². The highest BCUT2D eigenvalue weighted by Crippen LogP contribution is 2.34. The Morgan fingerprint density at radius 2 is 2.00 bits per heavy atom. The van der Waals surface area contributed by atoms with Gasteiger partial charge in [0.05, 0.1) is 19.2 Å². The SMILES string of the molecule is CCCN1C(=O)c2cc3ccc(OC)cc3n2C[C@]1(C)C(=O)NC1CCCCC1. The molecule has 1 saturated carbocycles.